The number of hydrogen-bond acceptors (Lipinski definition) is 2. The Morgan fingerprint density at radius 1 is 1.00 bits per heavy atom. The predicted molar refractivity (Wildman–Crippen MR) is 72.3 cm³/mol. The lowest BCUT2D eigenvalue weighted by Gasteiger charge is -2.10. The molecule has 0 spiro atoms. The standard InChI is InChI=1S/C16H13F3O2/c17-16(18,19)13-7-4-8-14(11-13)21-10-9-15(20)12-5-2-1-3-6-12/h1-8,11H,9-10H2. The second-order valence-electron chi connectivity index (χ2n) is 4.41. The van der Waals surface area contributed by atoms with Crippen LogP contribution in [-0.4, -0.2) is 12.4 Å². The van der Waals surface area contributed by atoms with Crippen LogP contribution in [0.25, 0.3) is 0 Å². The van der Waals surface area contributed by atoms with E-state index in [1.807, 2.05) is 0 Å². The molecule has 0 saturated carbocycles. The van der Waals surface area contributed by atoms with Crippen molar-refractivity contribution in [2.45, 2.75) is 12.6 Å². The molecule has 0 heterocycles. The number of benzene rings is 2. The molecule has 2 aromatic rings. The van der Waals surface area contributed by atoms with Crippen LogP contribution in [0.1, 0.15) is 22.3 Å². The summed E-state index contributed by atoms with van der Waals surface area (Å²) in [4.78, 5) is 11.8. The van der Waals surface area contributed by atoms with Gasteiger partial charge >= 0.3 is 6.18 Å². The van der Waals surface area contributed by atoms with Crippen molar-refractivity contribution in [3.8, 4) is 5.75 Å². The number of Topliss-reactive ketones (excluding diaryl/α,β-unsaturated/α-hetero) is 1. The van der Waals surface area contributed by atoms with Crippen LogP contribution in [0.15, 0.2) is 54.6 Å². The molecule has 2 nitrogen and oxygen atoms in total. The molecule has 2 rings (SSSR count). The molecule has 21 heavy (non-hydrogen) atoms. The highest BCUT2D eigenvalue weighted by Crippen LogP contribution is 2.31. The first-order valence-electron chi connectivity index (χ1n) is 6.35. The van der Waals surface area contributed by atoms with Crippen molar-refractivity contribution in [1.29, 1.82) is 0 Å². The van der Waals surface area contributed by atoms with E-state index in [4.69, 9.17) is 4.74 Å². The van der Waals surface area contributed by atoms with Crippen molar-refractivity contribution in [3.05, 3.63) is 65.7 Å². The van der Waals surface area contributed by atoms with Crippen LogP contribution >= 0.6 is 0 Å². The van der Waals surface area contributed by atoms with E-state index in [1.165, 1.54) is 12.1 Å². The Morgan fingerprint density at radius 3 is 2.38 bits per heavy atom. The first-order chi connectivity index (χ1) is 9.97. The molecule has 0 N–H and O–H groups in total. The average Bonchev–Trinajstić information content (AvgIpc) is 2.47. The highest BCUT2D eigenvalue weighted by atomic mass is 19.4. The van der Waals surface area contributed by atoms with E-state index in [0.717, 1.165) is 12.1 Å². The fourth-order valence-electron chi connectivity index (χ4n) is 1.79. The fourth-order valence-corrected chi connectivity index (χ4v) is 1.79. The number of rotatable bonds is 5. The smallest absolute Gasteiger partial charge is 0.416 e. The van der Waals surface area contributed by atoms with Gasteiger partial charge in [-0.15, -0.1) is 0 Å². The van der Waals surface area contributed by atoms with Crippen LogP contribution < -0.4 is 4.74 Å². The van der Waals surface area contributed by atoms with Gasteiger partial charge in [-0.05, 0) is 18.2 Å². The summed E-state index contributed by atoms with van der Waals surface area (Å²) in [6, 6.07) is 13.3. The van der Waals surface area contributed by atoms with E-state index >= 15 is 0 Å². The minimum atomic E-state index is -4.40. The van der Waals surface area contributed by atoms with Gasteiger partial charge in [0.2, 0.25) is 0 Å². The van der Waals surface area contributed by atoms with Crippen LogP contribution in [0.2, 0.25) is 0 Å². The van der Waals surface area contributed by atoms with E-state index in [0.29, 0.717) is 5.56 Å². The van der Waals surface area contributed by atoms with Crippen molar-refractivity contribution in [3.63, 3.8) is 0 Å². The first kappa shape index (κ1) is 15.1. The summed E-state index contributed by atoms with van der Waals surface area (Å²) in [5.41, 5.74) is -0.209. The molecule has 110 valence electrons. The minimum absolute atomic E-state index is 0.0367. The Kier molecular flexibility index (Phi) is 4.62. The maximum atomic E-state index is 12.5. The van der Waals surface area contributed by atoms with Crippen LogP contribution in [0, 0.1) is 0 Å². The number of halogens is 3. The first-order valence-corrected chi connectivity index (χ1v) is 6.35. The molecule has 0 fully saturated rings. The lowest BCUT2D eigenvalue weighted by Crippen LogP contribution is -2.08. The number of carbonyl (C=O) groups is 1. The zero-order valence-corrected chi connectivity index (χ0v) is 11.1. The average molecular weight is 294 g/mol. The van der Waals surface area contributed by atoms with Crippen LogP contribution in [-0.2, 0) is 6.18 Å². The van der Waals surface area contributed by atoms with Gasteiger partial charge in [-0.1, -0.05) is 36.4 Å². The van der Waals surface area contributed by atoms with Crippen molar-refractivity contribution >= 4 is 5.78 Å². The Labute approximate surface area is 120 Å². The minimum Gasteiger partial charge on any atom is -0.493 e. The maximum Gasteiger partial charge on any atom is 0.416 e. The molecule has 0 atom stereocenters. The number of carbonyl (C=O) groups excluding carboxylic acids is 1. The van der Waals surface area contributed by atoms with Gasteiger partial charge in [0.25, 0.3) is 0 Å². The summed E-state index contributed by atoms with van der Waals surface area (Å²) in [7, 11) is 0. The molecule has 0 amide bonds. The van der Waals surface area contributed by atoms with E-state index in [2.05, 4.69) is 0 Å². The number of alkyl halides is 3. The molecule has 2 aromatic carbocycles. The van der Waals surface area contributed by atoms with Gasteiger partial charge in [0.15, 0.2) is 5.78 Å². The highest BCUT2D eigenvalue weighted by molar-refractivity contribution is 5.96. The van der Waals surface area contributed by atoms with Gasteiger partial charge in [0.1, 0.15) is 5.75 Å². The molecule has 0 aromatic heterocycles. The van der Waals surface area contributed by atoms with Crippen molar-refractivity contribution in [2.75, 3.05) is 6.61 Å². The number of hydrogen-bond donors (Lipinski definition) is 0. The summed E-state index contributed by atoms with van der Waals surface area (Å²) in [5.74, 6) is -0.00624. The molecule has 0 bridgehead atoms. The zero-order valence-electron chi connectivity index (χ0n) is 11.1. The van der Waals surface area contributed by atoms with Gasteiger partial charge in [-0.3, -0.25) is 4.79 Å². The van der Waals surface area contributed by atoms with Crippen molar-refractivity contribution in [1.82, 2.24) is 0 Å². The van der Waals surface area contributed by atoms with Crippen molar-refractivity contribution < 1.29 is 22.7 Å². The Hall–Kier alpha value is -2.30. The summed E-state index contributed by atoms with van der Waals surface area (Å²) in [5, 5.41) is 0. The third-order valence-electron chi connectivity index (χ3n) is 2.85. The molecule has 5 heteroatoms. The normalized spacial score (nSPS) is 11.2. The predicted octanol–water partition coefficient (Wildman–Crippen LogP) is 4.36. The molecular formula is C16H13F3O2. The van der Waals surface area contributed by atoms with Crippen LogP contribution in [0.5, 0.6) is 5.75 Å². The van der Waals surface area contributed by atoms with E-state index < -0.39 is 11.7 Å². The zero-order chi connectivity index (χ0) is 15.3. The summed E-state index contributed by atoms with van der Waals surface area (Å²) >= 11 is 0. The lowest BCUT2D eigenvalue weighted by atomic mass is 10.1. The molecule has 0 unspecified atom stereocenters. The van der Waals surface area contributed by atoms with E-state index in [1.54, 1.807) is 30.3 Å². The van der Waals surface area contributed by atoms with E-state index in [-0.39, 0.29) is 24.6 Å². The fraction of sp³-hybridized carbons (Fsp3) is 0.188. The Bertz CT molecular complexity index is 606. The third kappa shape index (κ3) is 4.34. The topological polar surface area (TPSA) is 26.3 Å². The molecular weight excluding hydrogens is 281 g/mol. The number of ether oxygens (including phenoxy) is 1. The highest BCUT2D eigenvalue weighted by Gasteiger charge is 2.30. The molecule has 0 radical (unpaired) electrons. The molecule has 0 aliphatic carbocycles. The Balaban J connectivity index is 1.91. The van der Waals surface area contributed by atoms with Crippen LogP contribution in [0.4, 0.5) is 13.2 Å². The van der Waals surface area contributed by atoms with E-state index in [9.17, 15) is 18.0 Å². The lowest BCUT2D eigenvalue weighted by molar-refractivity contribution is -0.137. The second kappa shape index (κ2) is 6.43. The maximum absolute atomic E-state index is 12.5. The molecule has 0 aliphatic rings. The molecule has 0 aliphatic heterocycles. The summed E-state index contributed by atoms with van der Waals surface area (Å²) in [6.45, 7) is 0.0367. The monoisotopic (exact) mass is 294 g/mol. The quantitative estimate of drug-likeness (QED) is 0.766. The summed E-state index contributed by atoms with van der Waals surface area (Å²) < 4.78 is 42.8. The van der Waals surface area contributed by atoms with Crippen molar-refractivity contribution in [2.24, 2.45) is 0 Å². The summed E-state index contributed by atoms with van der Waals surface area (Å²) in [6.07, 6.45) is -4.29. The Morgan fingerprint density at radius 2 is 1.71 bits per heavy atom. The number of ketones is 1. The SMILES string of the molecule is O=C(CCOc1cccc(C(F)(F)F)c1)c1ccccc1. The van der Waals surface area contributed by atoms with Gasteiger partial charge in [-0.2, -0.15) is 13.2 Å². The van der Waals surface area contributed by atoms with Gasteiger partial charge in [0, 0.05) is 12.0 Å². The largest absolute Gasteiger partial charge is 0.493 e. The van der Waals surface area contributed by atoms with Crippen LogP contribution in [0.3, 0.4) is 0 Å². The van der Waals surface area contributed by atoms with Gasteiger partial charge in [-0.25, -0.2) is 0 Å². The third-order valence-corrected chi connectivity index (χ3v) is 2.85. The second-order valence-corrected chi connectivity index (χ2v) is 4.41. The van der Waals surface area contributed by atoms with Gasteiger partial charge in [0.05, 0.1) is 12.2 Å². The molecule has 0 saturated heterocycles. The van der Waals surface area contributed by atoms with Gasteiger partial charge < -0.3 is 4.74 Å².